The van der Waals surface area contributed by atoms with E-state index in [9.17, 15) is 9.59 Å². The minimum absolute atomic E-state index is 0.0290. The summed E-state index contributed by atoms with van der Waals surface area (Å²) in [6.07, 6.45) is 3.00. The number of aromatic nitrogens is 2. The number of unbranched alkanes of at least 4 members (excludes halogenated alkanes) is 1. The van der Waals surface area contributed by atoms with Gasteiger partial charge in [-0.1, -0.05) is 63.7 Å². The fourth-order valence-electron chi connectivity index (χ4n) is 4.40. The Bertz CT molecular complexity index is 1050. The lowest BCUT2D eigenvalue weighted by atomic mass is 9.86. The molecule has 6 nitrogen and oxygen atoms in total. The Balaban J connectivity index is 1.50. The zero-order valence-corrected chi connectivity index (χ0v) is 23.2. The highest BCUT2D eigenvalue weighted by atomic mass is 32.2. The Morgan fingerprint density at radius 3 is 2.31 bits per heavy atom. The van der Waals surface area contributed by atoms with Crippen LogP contribution in [0.2, 0.25) is 0 Å². The monoisotopic (exact) mass is 498 g/mol. The van der Waals surface area contributed by atoms with E-state index in [4.69, 9.17) is 4.98 Å². The third-order valence-corrected chi connectivity index (χ3v) is 8.06. The first-order valence-corrected chi connectivity index (χ1v) is 13.9. The summed E-state index contributed by atoms with van der Waals surface area (Å²) in [5.74, 6) is 1.12. The molecular formula is C28H42N4O2S. The third-order valence-electron chi connectivity index (χ3n) is 6.94. The largest absolute Gasteiger partial charge is 0.340 e. The Morgan fingerprint density at radius 1 is 1.06 bits per heavy atom. The van der Waals surface area contributed by atoms with Crippen LogP contribution < -0.4 is 5.56 Å². The zero-order valence-electron chi connectivity index (χ0n) is 22.4. The molecule has 35 heavy (non-hydrogen) atoms. The van der Waals surface area contributed by atoms with Crippen molar-refractivity contribution in [1.82, 2.24) is 19.4 Å². The number of hydrogen-bond acceptors (Lipinski definition) is 5. The van der Waals surface area contributed by atoms with Gasteiger partial charge in [-0.15, -0.1) is 0 Å². The second-order valence-electron chi connectivity index (χ2n) is 10.6. The van der Waals surface area contributed by atoms with Crippen LogP contribution in [0.1, 0.15) is 69.3 Å². The minimum atomic E-state index is 0.0290. The average Bonchev–Trinajstić information content (AvgIpc) is 2.84. The van der Waals surface area contributed by atoms with Crippen molar-refractivity contribution >= 4 is 17.7 Å². The van der Waals surface area contributed by atoms with Crippen LogP contribution in [-0.4, -0.2) is 63.7 Å². The number of benzene rings is 1. The van der Waals surface area contributed by atoms with Crippen molar-refractivity contribution in [3.63, 3.8) is 0 Å². The first-order chi connectivity index (χ1) is 16.6. The molecule has 1 aliphatic rings. The Hall–Kier alpha value is -2.12. The molecule has 7 heteroatoms. The van der Waals surface area contributed by atoms with Crippen LogP contribution in [-0.2, 0) is 23.7 Å². The van der Waals surface area contributed by atoms with E-state index < -0.39 is 0 Å². The van der Waals surface area contributed by atoms with E-state index >= 15 is 0 Å². The molecule has 0 atom stereocenters. The number of amides is 1. The number of carbonyl (C=O) groups is 1. The van der Waals surface area contributed by atoms with Gasteiger partial charge >= 0.3 is 0 Å². The van der Waals surface area contributed by atoms with Crippen molar-refractivity contribution < 1.29 is 4.79 Å². The molecule has 2 heterocycles. The van der Waals surface area contributed by atoms with Crippen LogP contribution in [0.3, 0.4) is 0 Å². The van der Waals surface area contributed by atoms with Gasteiger partial charge in [0.1, 0.15) is 0 Å². The highest BCUT2D eigenvalue weighted by molar-refractivity contribution is 7.99. The van der Waals surface area contributed by atoms with Crippen molar-refractivity contribution in [2.75, 3.05) is 38.5 Å². The molecule has 0 radical (unpaired) electrons. The Labute approximate surface area is 215 Å². The van der Waals surface area contributed by atoms with E-state index in [1.807, 2.05) is 18.9 Å². The average molecular weight is 499 g/mol. The number of thioether (sulfide) groups is 1. The molecule has 1 aliphatic heterocycles. The molecule has 1 aromatic carbocycles. The number of piperazine rings is 1. The molecule has 3 rings (SSSR count). The van der Waals surface area contributed by atoms with Crippen molar-refractivity contribution in [3.05, 3.63) is 57.0 Å². The molecule has 0 N–H and O–H groups in total. The Kier molecular flexibility index (Phi) is 9.59. The molecule has 2 aromatic rings. The lowest BCUT2D eigenvalue weighted by molar-refractivity contribution is -0.133. The number of rotatable bonds is 9. The lowest BCUT2D eigenvalue weighted by Crippen LogP contribution is -2.48. The summed E-state index contributed by atoms with van der Waals surface area (Å²) in [6, 6.07) is 8.55. The number of nitrogens with zero attached hydrogens (tertiary/aromatic N) is 4. The predicted octanol–water partition coefficient (Wildman–Crippen LogP) is 4.40. The summed E-state index contributed by atoms with van der Waals surface area (Å²) in [6.45, 7) is 15.4. The Morgan fingerprint density at radius 2 is 1.71 bits per heavy atom. The standard InChI is InChI=1S/C28H42N4O2S/c1-7-31-15-17-32(18-16-31)25(33)10-8-9-19-35-27-29-21(2)24(26(34)30(27)6)20-22-11-13-23(14-12-22)28(3,4)5/h11-14H,7-10,15-20H2,1-6H3. The van der Waals surface area contributed by atoms with Gasteiger partial charge in [-0.3, -0.25) is 14.2 Å². The molecule has 0 saturated carbocycles. The van der Waals surface area contributed by atoms with E-state index in [0.29, 0.717) is 12.8 Å². The summed E-state index contributed by atoms with van der Waals surface area (Å²) < 4.78 is 1.68. The summed E-state index contributed by atoms with van der Waals surface area (Å²) in [5, 5.41) is 0.751. The normalized spacial score (nSPS) is 15.0. The van der Waals surface area contributed by atoms with Gasteiger partial charge in [-0.05, 0) is 42.9 Å². The fraction of sp³-hybridized carbons (Fsp3) is 0.607. The van der Waals surface area contributed by atoms with Gasteiger partial charge in [0.25, 0.3) is 5.56 Å². The summed E-state index contributed by atoms with van der Waals surface area (Å²) in [4.78, 5) is 34.7. The molecule has 0 unspecified atom stereocenters. The van der Waals surface area contributed by atoms with Gasteiger partial charge in [-0.2, -0.15) is 0 Å². The van der Waals surface area contributed by atoms with E-state index in [-0.39, 0.29) is 16.9 Å². The zero-order chi connectivity index (χ0) is 25.6. The number of likely N-dealkylation sites (N-methyl/N-ethyl adjacent to an activating group) is 1. The summed E-state index contributed by atoms with van der Waals surface area (Å²) >= 11 is 1.61. The summed E-state index contributed by atoms with van der Waals surface area (Å²) in [7, 11) is 1.81. The molecule has 0 bridgehead atoms. The maximum atomic E-state index is 13.1. The second-order valence-corrected chi connectivity index (χ2v) is 11.6. The van der Waals surface area contributed by atoms with E-state index in [1.54, 1.807) is 16.3 Å². The highest BCUT2D eigenvalue weighted by Gasteiger charge is 2.20. The van der Waals surface area contributed by atoms with Crippen LogP contribution >= 0.6 is 11.8 Å². The van der Waals surface area contributed by atoms with Gasteiger partial charge in [0, 0.05) is 63.1 Å². The van der Waals surface area contributed by atoms with Gasteiger partial charge < -0.3 is 9.80 Å². The summed E-state index contributed by atoms with van der Waals surface area (Å²) in [5.41, 5.74) is 4.12. The topological polar surface area (TPSA) is 58.4 Å². The SMILES string of the molecule is CCN1CCN(C(=O)CCCCSc2nc(C)c(Cc3ccc(C(C)(C)C)cc3)c(=O)n2C)CC1. The van der Waals surface area contributed by atoms with Crippen LogP contribution in [0, 0.1) is 6.92 Å². The maximum absolute atomic E-state index is 13.1. The predicted molar refractivity (Wildman–Crippen MR) is 145 cm³/mol. The van der Waals surface area contributed by atoms with Crippen LogP contribution in [0.15, 0.2) is 34.2 Å². The lowest BCUT2D eigenvalue weighted by Gasteiger charge is -2.34. The minimum Gasteiger partial charge on any atom is -0.340 e. The number of aryl methyl sites for hydroxylation is 1. The maximum Gasteiger partial charge on any atom is 0.257 e. The number of hydrogen-bond donors (Lipinski definition) is 0. The molecular weight excluding hydrogens is 456 g/mol. The fourth-order valence-corrected chi connectivity index (χ4v) is 5.41. The second kappa shape index (κ2) is 12.2. The highest BCUT2D eigenvalue weighted by Crippen LogP contribution is 2.23. The van der Waals surface area contributed by atoms with E-state index in [1.165, 1.54) is 5.56 Å². The van der Waals surface area contributed by atoms with Crippen LogP contribution in [0.4, 0.5) is 0 Å². The van der Waals surface area contributed by atoms with Gasteiger partial charge in [0.2, 0.25) is 5.91 Å². The van der Waals surface area contributed by atoms with Crippen molar-refractivity contribution in [3.8, 4) is 0 Å². The quantitative estimate of drug-likeness (QED) is 0.291. The molecule has 0 spiro atoms. The molecule has 0 aliphatic carbocycles. The van der Waals surface area contributed by atoms with Gasteiger partial charge in [0.15, 0.2) is 5.16 Å². The molecule has 1 fully saturated rings. The molecule has 1 saturated heterocycles. The molecule has 192 valence electrons. The van der Waals surface area contributed by atoms with Crippen molar-refractivity contribution in [2.24, 2.45) is 7.05 Å². The first-order valence-electron chi connectivity index (χ1n) is 12.9. The van der Waals surface area contributed by atoms with Crippen LogP contribution in [0.5, 0.6) is 0 Å². The van der Waals surface area contributed by atoms with Gasteiger partial charge in [-0.25, -0.2) is 4.98 Å². The van der Waals surface area contributed by atoms with E-state index in [2.05, 4.69) is 56.9 Å². The van der Waals surface area contributed by atoms with Crippen molar-refractivity contribution in [1.29, 1.82) is 0 Å². The smallest absolute Gasteiger partial charge is 0.257 e. The van der Waals surface area contributed by atoms with Crippen LogP contribution in [0.25, 0.3) is 0 Å². The number of carbonyl (C=O) groups excluding carboxylic acids is 1. The molecule has 1 amide bonds. The third kappa shape index (κ3) is 7.43. The van der Waals surface area contributed by atoms with Gasteiger partial charge in [0.05, 0.1) is 0 Å². The molecule has 1 aromatic heterocycles. The first kappa shape index (κ1) is 27.5. The van der Waals surface area contributed by atoms with Crippen molar-refractivity contribution in [2.45, 2.75) is 70.9 Å². The van der Waals surface area contributed by atoms with E-state index in [0.717, 1.165) is 73.3 Å².